The molecule has 2 rings (SSSR count). The molecule has 1 unspecified atom stereocenters. The Morgan fingerprint density at radius 3 is 2.53 bits per heavy atom. The standard InChI is InChI=1S/C13H17N3O/c1-8-5-6-10(9(2)7-8)13(3)11(17)15-12(14-4)16-13/h5-7H,1-4H3,(H2,14,15,16,17). The van der Waals surface area contributed by atoms with Crippen molar-refractivity contribution < 1.29 is 4.79 Å². The second kappa shape index (κ2) is 3.87. The van der Waals surface area contributed by atoms with Crippen LogP contribution in [-0.2, 0) is 10.3 Å². The van der Waals surface area contributed by atoms with E-state index in [-0.39, 0.29) is 5.91 Å². The Morgan fingerprint density at radius 1 is 1.29 bits per heavy atom. The molecule has 1 amide bonds. The molecule has 0 spiro atoms. The van der Waals surface area contributed by atoms with Gasteiger partial charge in [0.1, 0.15) is 5.54 Å². The van der Waals surface area contributed by atoms with Gasteiger partial charge in [0.2, 0.25) is 0 Å². The molecule has 1 aromatic rings. The van der Waals surface area contributed by atoms with Crippen LogP contribution in [-0.4, -0.2) is 18.9 Å². The summed E-state index contributed by atoms with van der Waals surface area (Å²) in [6.07, 6.45) is 0. The quantitative estimate of drug-likeness (QED) is 0.763. The number of nitrogens with zero attached hydrogens (tertiary/aromatic N) is 1. The average molecular weight is 231 g/mol. The molecule has 0 aromatic heterocycles. The Balaban J connectivity index is 2.49. The Kier molecular flexibility index (Phi) is 2.65. The molecule has 90 valence electrons. The first-order valence-corrected chi connectivity index (χ1v) is 5.61. The zero-order chi connectivity index (χ0) is 12.6. The van der Waals surface area contributed by atoms with Crippen LogP contribution in [0.25, 0.3) is 0 Å². The van der Waals surface area contributed by atoms with E-state index in [1.165, 1.54) is 5.56 Å². The van der Waals surface area contributed by atoms with Crippen LogP contribution in [0.5, 0.6) is 0 Å². The van der Waals surface area contributed by atoms with E-state index < -0.39 is 5.54 Å². The molecule has 1 atom stereocenters. The highest BCUT2D eigenvalue weighted by atomic mass is 16.2. The lowest BCUT2D eigenvalue weighted by Crippen LogP contribution is -2.41. The van der Waals surface area contributed by atoms with Crippen molar-refractivity contribution in [1.82, 2.24) is 10.6 Å². The third-order valence-electron chi connectivity index (χ3n) is 3.20. The van der Waals surface area contributed by atoms with E-state index in [4.69, 9.17) is 0 Å². The average Bonchev–Trinajstić information content (AvgIpc) is 2.55. The smallest absolute Gasteiger partial charge is 0.256 e. The van der Waals surface area contributed by atoms with Gasteiger partial charge in [-0.15, -0.1) is 0 Å². The number of guanidine groups is 1. The van der Waals surface area contributed by atoms with Crippen LogP contribution in [0.15, 0.2) is 23.2 Å². The van der Waals surface area contributed by atoms with Crippen LogP contribution in [0.1, 0.15) is 23.6 Å². The van der Waals surface area contributed by atoms with Crippen LogP contribution in [0, 0.1) is 13.8 Å². The maximum absolute atomic E-state index is 12.0. The summed E-state index contributed by atoms with van der Waals surface area (Å²) in [5, 5.41) is 5.87. The van der Waals surface area contributed by atoms with E-state index >= 15 is 0 Å². The highest BCUT2D eigenvalue weighted by molar-refractivity contribution is 6.09. The number of amides is 1. The van der Waals surface area contributed by atoms with Gasteiger partial charge in [-0.05, 0) is 31.9 Å². The van der Waals surface area contributed by atoms with Gasteiger partial charge in [0.15, 0.2) is 5.96 Å². The van der Waals surface area contributed by atoms with E-state index in [1.54, 1.807) is 7.05 Å². The number of benzene rings is 1. The summed E-state index contributed by atoms with van der Waals surface area (Å²) < 4.78 is 0. The van der Waals surface area contributed by atoms with E-state index in [0.29, 0.717) is 5.96 Å². The molecule has 4 nitrogen and oxygen atoms in total. The minimum atomic E-state index is -0.730. The van der Waals surface area contributed by atoms with Gasteiger partial charge in [-0.1, -0.05) is 23.8 Å². The molecule has 2 N–H and O–H groups in total. The van der Waals surface area contributed by atoms with Gasteiger partial charge in [-0.25, -0.2) is 0 Å². The largest absolute Gasteiger partial charge is 0.338 e. The predicted octanol–water partition coefficient (Wildman–Crippen LogP) is 1.22. The van der Waals surface area contributed by atoms with Crippen molar-refractivity contribution >= 4 is 11.9 Å². The normalized spacial score (nSPS) is 25.9. The summed E-state index contributed by atoms with van der Waals surface area (Å²) in [4.78, 5) is 16.0. The number of rotatable bonds is 1. The fourth-order valence-electron chi connectivity index (χ4n) is 2.23. The maximum atomic E-state index is 12.0. The number of hydrogen-bond acceptors (Lipinski definition) is 2. The summed E-state index contributed by atoms with van der Waals surface area (Å²) in [5.41, 5.74) is 2.55. The van der Waals surface area contributed by atoms with E-state index in [0.717, 1.165) is 11.1 Å². The zero-order valence-corrected chi connectivity index (χ0v) is 10.6. The summed E-state index contributed by atoms with van der Waals surface area (Å²) in [5.74, 6) is 0.461. The molecule has 4 heteroatoms. The van der Waals surface area contributed by atoms with Gasteiger partial charge in [0.05, 0.1) is 0 Å². The molecule has 0 radical (unpaired) electrons. The van der Waals surface area contributed by atoms with Crippen LogP contribution in [0.4, 0.5) is 0 Å². The Bertz CT molecular complexity index is 507. The van der Waals surface area contributed by atoms with Crippen LogP contribution >= 0.6 is 0 Å². The lowest BCUT2D eigenvalue weighted by atomic mass is 9.88. The van der Waals surface area contributed by atoms with E-state index in [2.05, 4.69) is 21.7 Å². The van der Waals surface area contributed by atoms with Crippen LogP contribution in [0.2, 0.25) is 0 Å². The fraction of sp³-hybridized carbons (Fsp3) is 0.385. The molecule has 0 aliphatic carbocycles. The Morgan fingerprint density at radius 2 is 2.00 bits per heavy atom. The Labute approximate surface area is 101 Å². The minimum absolute atomic E-state index is 0.0648. The molecule has 1 fully saturated rings. The molecule has 0 saturated carbocycles. The predicted molar refractivity (Wildman–Crippen MR) is 67.9 cm³/mol. The first kappa shape index (κ1) is 11.6. The van der Waals surface area contributed by atoms with Gasteiger partial charge in [0, 0.05) is 7.05 Å². The second-order valence-electron chi connectivity index (χ2n) is 4.59. The van der Waals surface area contributed by atoms with Gasteiger partial charge >= 0.3 is 0 Å². The molecule has 1 heterocycles. The van der Waals surface area contributed by atoms with Crippen molar-refractivity contribution in [2.24, 2.45) is 4.99 Å². The second-order valence-corrected chi connectivity index (χ2v) is 4.59. The Hall–Kier alpha value is -1.84. The molecule has 1 aliphatic rings. The molecule has 1 aliphatic heterocycles. The molecule has 1 aromatic carbocycles. The number of hydrogen-bond donors (Lipinski definition) is 2. The zero-order valence-electron chi connectivity index (χ0n) is 10.6. The van der Waals surface area contributed by atoms with Crippen molar-refractivity contribution in [2.45, 2.75) is 26.3 Å². The molecular weight excluding hydrogens is 214 g/mol. The number of carbonyl (C=O) groups is 1. The first-order chi connectivity index (χ1) is 7.97. The van der Waals surface area contributed by atoms with Gasteiger partial charge < -0.3 is 5.32 Å². The maximum Gasteiger partial charge on any atom is 0.256 e. The van der Waals surface area contributed by atoms with E-state index in [9.17, 15) is 4.79 Å². The SMILES string of the molecule is CN=C1NC(=O)C(C)(c2ccc(C)cc2C)N1. The third-order valence-corrected chi connectivity index (χ3v) is 3.20. The van der Waals surface area contributed by atoms with Crippen LogP contribution in [0.3, 0.4) is 0 Å². The highest BCUT2D eigenvalue weighted by Gasteiger charge is 2.42. The number of aliphatic imine (C=N–C) groups is 1. The summed E-state index contributed by atoms with van der Waals surface area (Å²) in [6, 6.07) is 6.09. The fourth-order valence-corrected chi connectivity index (χ4v) is 2.23. The van der Waals surface area contributed by atoms with Crippen molar-refractivity contribution in [1.29, 1.82) is 0 Å². The van der Waals surface area contributed by atoms with Crippen molar-refractivity contribution in [3.8, 4) is 0 Å². The van der Waals surface area contributed by atoms with Gasteiger partial charge in [0.25, 0.3) is 5.91 Å². The first-order valence-electron chi connectivity index (χ1n) is 5.61. The summed E-state index contributed by atoms with van der Waals surface area (Å²) >= 11 is 0. The lowest BCUT2D eigenvalue weighted by Gasteiger charge is -2.24. The van der Waals surface area contributed by atoms with E-state index in [1.807, 2.05) is 32.9 Å². The summed E-state index contributed by atoms with van der Waals surface area (Å²) in [6.45, 7) is 5.93. The minimum Gasteiger partial charge on any atom is -0.338 e. The van der Waals surface area contributed by atoms with Crippen molar-refractivity contribution in [2.75, 3.05) is 7.05 Å². The molecule has 0 bridgehead atoms. The van der Waals surface area contributed by atoms with Crippen molar-refractivity contribution in [3.63, 3.8) is 0 Å². The van der Waals surface area contributed by atoms with Gasteiger partial charge in [-0.3, -0.25) is 15.1 Å². The van der Waals surface area contributed by atoms with Crippen molar-refractivity contribution in [3.05, 3.63) is 34.9 Å². The van der Waals surface area contributed by atoms with Crippen LogP contribution < -0.4 is 10.6 Å². The third kappa shape index (κ3) is 1.79. The molecule has 17 heavy (non-hydrogen) atoms. The highest BCUT2D eigenvalue weighted by Crippen LogP contribution is 2.27. The summed E-state index contributed by atoms with van der Waals surface area (Å²) in [7, 11) is 1.65. The number of carbonyl (C=O) groups excluding carboxylic acids is 1. The number of nitrogens with one attached hydrogen (secondary N) is 2. The number of aryl methyl sites for hydroxylation is 2. The topological polar surface area (TPSA) is 53.5 Å². The molecular formula is C13H17N3O. The monoisotopic (exact) mass is 231 g/mol. The lowest BCUT2D eigenvalue weighted by molar-refractivity contribution is -0.123. The van der Waals surface area contributed by atoms with Gasteiger partial charge in [-0.2, -0.15) is 0 Å². The molecule has 1 saturated heterocycles.